The Kier molecular flexibility index (Phi) is 5.33. The normalized spacial score (nSPS) is 15.8. The lowest BCUT2D eigenvalue weighted by molar-refractivity contribution is -0.132. The van der Waals surface area contributed by atoms with Gasteiger partial charge < -0.3 is 15.3 Å². The zero-order valence-electron chi connectivity index (χ0n) is 12.3. The molecule has 1 saturated heterocycles. The topological polar surface area (TPSA) is 69.6 Å². The molecule has 1 aromatic rings. The second-order valence-corrected chi connectivity index (χ2v) is 5.56. The number of piperidine rings is 1. The molecule has 5 nitrogen and oxygen atoms in total. The summed E-state index contributed by atoms with van der Waals surface area (Å²) in [7, 11) is 0. The summed E-state index contributed by atoms with van der Waals surface area (Å²) in [5, 5.41) is 11.8. The number of carbonyl (C=O) groups is 2. The summed E-state index contributed by atoms with van der Waals surface area (Å²) >= 11 is 0. The number of amides is 2. The van der Waals surface area contributed by atoms with Crippen molar-refractivity contribution in [1.29, 1.82) is 0 Å². The Morgan fingerprint density at radius 2 is 1.86 bits per heavy atom. The van der Waals surface area contributed by atoms with Crippen molar-refractivity contribution in [2.75, 3.05) is 25.0 Å². The second kappa shape index (κ2) is 7.22. The smallest absolute Gasteiger partial charge is 0.226 e. The summed E-state index contributed by atoms with van der Waals surface area (Å²) < 4.78 is 0. The zero-order chi connectivity index (χ0) is 15.2. The molecule has 114 valence electrons. The highest BCUT2D eigenvalue weighted by molar-refractivity contribution is 5.88. The summed E-state index contributed by atoms with van der Waals surface area (Å²) in [4.78, 5) is 25.0. The first-order valence-electron chi connectivity index (χ1n) is 7.33. The number of aliphatic hydroxyl groups is 1. The first-order valence-corrected chi connectivity index (χ1v) is 7.33. The van der Waals surface area contributed by atoms with Gasteiger partial charge in [-0.25, -0.2) is 0 Å². The van der Waals surface area contributed by atoms with Crippen LogP contribution in [0.2, 0.25) is 0 Å². The van der Waals surface area contributed by atoms with Crippen molar-refractivity contribution in [3.05, 3.63) is 29.8 Å². The van der Waals surface area contributed by atoms with E-state index in [0.717, 1.165) is 37.2 Å². The van der Waals surface area contributed by atoms with Crippen LogP contribution < -0.4 is 5.32 Å². The van der Waals surface area contributed by atoms with Gasteiger partial charge in [-0.05, 0) is 36.5 Å². The summed E-state index contributed by atoms with van der Waals surface area (Å²) in [5.74, 6) is 0.357. The van der Waals surface area contributed by atoms with Gasteiger partial charge in [-0.2, -0.15) is 0 Å². The van der Waals surface area contributed by atoms with E-state index in [0.29, 0.717) is 12.3 Å². The minimum atomic E-state index is -0.106. The molecule has 2 rings (SSSR count). The molecular formula is C16H22N2O3. The van der Waals surface area contributed by atoms with E-state index in [9.17, 15) is 9.59 Å². The van der Waals surface area contributed by atoms with Gasteiger partial charge in [0.15, 0.2) is 0 Å². The minimum Gasteiger partial charge on any atom is -0.396 e. The molecule has 5 heteroatoms. The molecule has 1 aliphatic heterocycles. The van der Waals surface area contributed by atoms with Gasteiger partial charge in [0.05, 0.1) is 6.42 Å². The van der Waals surface area contributed by atoms with Gasteiger partial charge in [0.25, 0.3) is 0 Å². The quantitative estimate of drug-likeness (QED) is 0.881. The standard InChI is InChI=1S/C16H22N2O3/c1-12(20)17-15-4-2-13(3-5-15)10-16(21)18-8-6-14(11-19)7-9-18/h2-5,14,19H,6-11H2,1H3,(H,17,20). The molecule has 1 heterocycles. The van der Waals surface area contributed by atoms with Crippen LogP contribution in [0.1, 0.15) is 25.3 Å². The van der Waals surface area contributed by atoms with Gasteiger partial charge >= 0.3 is 0 Å². The molecular weight excluding hydrogens is 268 g/mol. The number of anilines is 1. The molecule has 1 aliphatic rings. The Morgan fingerprint density at radius 3 is 2.38 bits per heavy atom. The van der Waals surface area contributed by atoms with Gasteiger partial charge in [-0.3, -0.25) is 9.59 Å². The van der Waals surface area contributed by atoms with Crippen molar-refractivity contribution >= 4 is 17.5 Å². The number of nitrogens with zero attached hydrogens (tertiary/aromatic N) is 1. The second-order valence-electron chi connectivity index (χ2n) is 5.56. The van der Waals surface area contributed by atoms with Crippen molar-refractivity contribution < 1.29 is 14.7 Å². The van der Waals surface area contributed by atoms with Crippen LogP contribution in [0.4, 0.5) is 5.69 Å². The summed E-state index contributed by atoms with van der Waals surface area (Å²) in [6.07, 6.45) is 2.14. The fourth-order valence-electron chi connectivity index (χ4n) is 2.56. The van der Waals surface area contributed by atoms with Gasteiger partial charge in [-0.15, -0.1) is 0 Å². The molecule has 0 unspecified atom stereocenters. The van der Waals surface area contributed by atoms with E-state index in [2.05, 4.69) is 5.32 Å². The van der Waals surface area contributed by atoms with Gasteiger partial charge in [0.1, 0.15) is 0 Å². The lowest BCUT2D eigenvalue weighted by atomic mass is 9.97. The van der Waals surface area contributed by atoms with Crippen LogP contribution in [0, 0.1) is 5.92 Å². The van der Waals surface area contributed by atoms with Gasteiger partial charge in [-0.1, -0.05) is 12.1 Å². The van der Waals surface area contributed by atoms with Crippen LogP contribution in [0.3, 0.4) is 0 Å². The molecule has 0 radical (unpaired) electrons. The number of benzene rings is 1. The SMILES string of the molecule is CC(=O)Nc1ccc(CC(=O)N2CCC(CO)CC2)cc1. The van der Waals surface area contributed by atoms with Gasteiger partial charge in [0.2, 0.25) is 11.8 Å². The number of likely N-dealkylation sites (tertiary alicyclic amines) is 1. The molecule has 21 heavy (non-hydrogen) atoms. The molecule has 0 aliphatic carbocycles. The van der Waals surface area contributed by atoms with E-state index in [4.69, 9.17) is 5.11 Å². The Morgan fingerprint density at radius 1 is 1.24 bits per heavy atom. The van der Waals surface area contributed by atoms with E-state index in [1.54, 1.807) is 0 Å². The summed E-state index contributed by atoms with van der Waals surface area (Å²) in [5.41, 5.74) is 1.68. The molecule has 1 fully saturated rings. The maximum absolute atomic E-state index is 12.2. The Bertz CT molecular complexity index is 491. The third-order valence-corrected chi connectivity index (χ3v) is 3.86. The number of nitrogens with one attached hydrogen (secondary N) is 1. The molecule has 2 amide bonds. The monoisotopic (exact) mass is 290 g/mol. The van der Waals surface area contributed by atoms with E-state index >= 15 is 0 Å². The lowest BCUT2D eigenvalue weighted by Gasteiger charge is -2.31. The van der Waals surface area contributed by atoms with Crippen molar-refractivity contribution in [3.63, 3.8) is 0 Å². The fourth-order valence-corrected chi connectivity index (χ4v) is 2.56. The Labute approximate surface area is 125 Å². The average Bonchev–Trinajstić information content (AvgIpc) is 2.49. The van der Waals surface area contributed by atoms with Gasteiger partial charge in [0, 0.05) is 32.3 Å². The van der Waals surface area contributed by atoms with Crippen LogP contribution in [-0.4, -0.2) is 41.5 Å². The number of hydrogen-bond acceptors (Lipinski definition) is 3. The number of hydrogen-bond donors (Lipinski definition) is 2. The Hall–Kier alpha value is -1.88. The summed E-state index contributed by atoms with van der Waals surface area (Å²) in [6.45, 7) is 3.14. The summed E-state index contributed by atoms with van der Waals surface area (Å²) in [6, 6.07) is 7.34. The van der Waals surface area contributed by atoms with Crippen molar-refractivity contribution in [1.82, 2.24) is 4.90 Å². The lowest BCUT2D eigenvalue weighted by Crippen LogP contribution is -2.40. The highest BCUT2D eigenvalue weighted by Crippen LogP contribution is 2.18. The molecule has 1 aromatic carbocycles. The van der Waals surface area contributed by atoms with Crippen molar-refractivity contribution in [3.8, 4) is 0 Å². The highest BCUT2D eigenvalue weighted by Gasteiger charge is 2.22. The van der Waals surface area contributed by atoms with Crippen LogP contribution in [0.25, 0.3) is 0 Å². The third-order valence-electron chi connectivity index (χ3n) is 3.86. The number of aliphatic hydroxyl groups excluding tert-OH is 1. The largest absolute Gasteiger partial charge is 0.396 e. The van der Waals surface area contributed by atoms with E-state index in [-0.39, 0.29) is 18.4 Å². The Balaban J connectivity index is 1.86. The maximum Gasteiger partial charge on any atom is 0.226 e. The van der Waals surface area contributed by atoms with Crippen LogP contribution in [0.5, 0.6) is 0 Å². The van der Waals surface area contributed by atoms with Crippen molar-refractivity contribution in [2.45, 2.75) is 26.2 Å². The van der Waals surface area contributed by atoms with Crippen LogP contribution in [-0.2, 0) is 16.0 Å². The molecule has 0 spiro atoms. The molecule has 0 aromatic heterocycles. The zero-order valence-corrected chi connectivity index (χ0v) is 12.3. The third kappa shape index (κ3) is 4.56. The molecule has 0 saturated carbocycles. The molecule has 2 N–H and O–H groups in total. The first-order chi connectivity index (χ1) is 10.1. The maximum atomic E-state index is 12.2. The number of rotatable bonds is 4. The van der Waals surface area contributed by atoms with Crippen LogP contribution in [0.15, 0.2) is 24.3 Å². The fraction of sp³-hybridized carbons (Fsp3) is 0.500. The van der Waals surface area contributed by atoms with E-state index < -0.39 is 0 Å². The first kappa shape index (κ1) is 15.5. The number of carbonyl (C=O) groups excluding carboxylic acids is 2. The highest BCUT2D eigenvalue weighted by atomic mass is 16.3. The molecule has 0 atom stereocenters. The molecule has 0 bridgehead atoms. The van der Waals surface area contributed by atoms with Crippen molar-refractivity contribution in [2.24, 2.45) is 5.92 Å². The predicted octanol–water partition coefficient (Wildman–Crippen LogP) is 1.42. The van der Waals surface area contributed by atoms with Crippen LogP contribution >= 0.6 is 0 Å². The minimum absolute atomic E-state index is 0.106. The van der Waals surface area contributed by atoms with E-state index in [1.165, 1.54) is 6.92 Å². The predicted molar refractivity (Wildman–Crippen MR) is 80.8 cm³/mol. The van der Waals surface area contributed by atoms with E-state index in [1.807, 2.05) is 29.2 Å². The average molecular weight is 290 g/mol.